The van der Waals surface area contributed by atoms with Gasteiger partial charge in [0.05, 0.1) is 12.7 Å². The van der Waals surface area contributed by atoms with Gasteiger partial charge in [0.25, 0.3) is 0 Å². The minimum atomic E-state index is -0.334. The Morgan fingerprint density at radius 2 is 2.23 bits per heavy atom. The molecule has 2 nitrogen and oxygen atoms in total. The van der Waals surface area contributed by atoms with Crippen molar-refractivity contribution < 1.29 is 9.53 Å². The molecule has 0 spiro atoms. The topological polar surface area (TPSA) is 26.3 Å². The van der Waals surface area contributed by atoms with Crippen molar-refractivity contribution in [1.82, 2.24) is 0 Å². The molecule has 0 bridgehead atoms. The van der Waals surface area contributed by atoms with Crippen LogP contribution in [0.25, 0.3) is 0 Å². The zero-order chi connectivity index (χ0) is 9.84. The largest absolute Gasteiger partial charge is 0.465 e. The highest BCUT2D eigenvalue weighted by Crippen LogP contribution is 2.20. The Morgan fingerprint density at radius 3 is 2.77 bits per heavy atom. The minimum Gasteiger partial charge on any atom is -0.465 e. The number of hydrogen-bond acceptors (Lipinski definition) is 2. The average Bonchev–Trinajstić information content (AvgIpc) is 2.16. The Bertz CT molecular complexity index is 321. The molecule has 0 saturated carbocycles. The zero-order valence-electron chi connectivity index (χ0n) is 7.63. The van der Waals surface area contributed by atoms with Crippen LogP contribution in [0.3, 0.4) is 0 Å². The van der Waals surface area contributed by atoms with E-state index in [2.05, 4.69) is 4.74 Å². The molecule has 0 N–H and O–H groups in total. The van der Waals surface area contributed by atoms with Gasteiger partial charge < -0.3 is 4.74 Å². The molecule has 13 heavy (non-hydrogen) atoms. The van der Waals surface area contributed by atoms with Crippen LogP contribution in [-0.2, 0) is 11.2 Å². The molecule has 0 aromatic heterocycles. The van der Waals surface area contributed by atoms with Gasteiger partial charge in [-0.2, -0.15) is 0 Å². The highest BCUT2D eigenvalue weighted by atomic mass is 35.5. The van der Waals surface area contributed by atoms with Gasteiger partial charge >= 0.3 is 5.97 Å². The SMILES string of the molecule is CCc1c(Cl)cccc1C(=O)OC. The number of halogens is 1. The van der Waals surface area contributed by atoms with Crippen LogP contribution in [0.1, 0.15) is 22.8 Å². The van der Waals surface area contributed by atoms with E-state index < -0.39 is 0 Å². The molecular weight excluding hydrogens is 188 g/mol. The van der Waals surface area contributed by atoms with Crippen molar-refractivity contribution in [3.05, 3.63) is 34.3 Å². The lowest BCUT2D eigenvalue weighted by molar-refractivity contribution is 0.0599. The second-order valence-corrected chi connectivity index (χ2v) is 3.02. The smallest absolute Gasteiger partial charge is 0.338 e. The summed E-state index contributed by atoms with van der Waals surface area (Å²) in [5.74, 6) is -0.334. The Morgan fingerprint density at radius 1 is 1.54 bits per heavy atom. The maximum Gasteiger partial charge on any atom is 0.338 e. The van der Waals surface area contributed by atoms with Crippen molar-refractivity contribution in [3.8, 4) is 0 Å². The molecule has 0 amide bonds. The van der Waals surface area contributed by atoms with Gasteiger partial charge in [-0.15, -0.1) is 0 Å². The molecule has 3 heteroatoms. The van der Waals surface area contributed by atoms with E-state index in [4.69, 9.17) is 11.6 Å². The Balaban J connectivity index is 3.20. The Hall–Kier alpha value is -1.02. The standard InChI is InChI=1S/C10H11ClO2/c1-3-7-8(10(12)13-2)5-4-6-9(7)11/h4-6H,3H2,1-2H3. The molecule has 0 aliphatic heterocycles. The lowest BCUT2D eigenvalue weighted by Crippen LogP contribution is -2.05. The van der Waals surface area contributed by atoms with E-state index in [1.54, 1.807) is 18.2 Å². The third-order valence-electron chi connectivity index (χ3n) is 1.88. The highest BCUT2D eigenvalue weighted by Gasteiger charge is 2.12. The molecule has 0 aliphatic rings. The number of carbonyl (C=O) groups excluding carboxylic acids is 1. The van der Waals surface area contributed by atoms with Crippen molar-refractivity contribution in [2.24, 2.45) is 0 Å². The van der Waals surface area contributed by atoms with Gasteiger partial charge in [-0.1, -0.05) is 24.6 Å². The summed E-state index contributed by atoms with van der Waals surface area (Å²) in [6.07, 6.45) is 0.726. The summed E-state index contributed by atoms with van der Waals surface area (Å²) in [5, 5.41) is 0.616. The molecule has 0 saturated heterocycles. The van der Waals surface area contributed by atoms with Gasteiger partial charge in [-0.3, -0.25) is 0 Å². The van der Waals surface area contributed by atoms with Gasteiger partial charge in [-0.05, 0) is 24.1 Å². The van der Waals surface area contributed by atoms with Gasteiger partial charge in [0, 0.05) is 5.02 Å². The predicted molar refractivity (Wildman–Crippen MR) is 52.2 cm³/mol. The number of ether oxygens (including phenoxy) is 1. The van der Waals surface area contributed by atoms with Crippen molar-refractivity contribution in [3.63, 3.8) is 0 Å². The molecule has 70 valence electrons. The van der Waals surface area contributed by atoms with Crippen LogP contribution >= 0.6 is 11.6 Å². The third kappa shape index (κ3) is 2.01. The summed E-state index contributed by atoms with van der Waals surface area (Å²) < 4.78 is 4.64. The molecule has 1 rings (SSSR count). The first kappa shape index (κ1) is 10.1. The molecule has 0 unspecified atom stereocenters. The van der Waals surface area contributed by atoms with Crippen LogP contribution < -0.4 is 0 Å². The van der Waals surface area contributed by atoms with Crippen LogP contribution in [0.4, 0.5) is 0 Å². The number of methoxy groups -OCH3 is 1. The molecule has 1 aromatic carbocycles. The van der Waals surface area contributed by atoms with E-state index in [1.807, 2.05) is 6.92 Å². The monoisotopic (exact) mass is 198 g/mol. The van der Waals surface area contributed by atoms with Crippen LogP contribution in [0.2, 0.25) is 5.02 Å². The first-order valence-corrected chi connectivity index (χ1v) is 4.44. The summed E-state index contributed by atoms with van der Waals surface area (Å²) in [6.45, 7) is 1.95. The van der Waals surface area contributed by atoms with Crippen molar-refractivity contribution in [1.29, 1.82) is 0 Å². The second-order valence-electron chi connectivity index (χ2n) is 2.61. The van der Waals surface area contributed by atoms with E-state index in [9.17, 15) is 4.79 Å². The maximum absolute atomic E-state index is 11.3. The molecule has 0 fully saturated rings. The van der Waals surface area contributed by atoms with Gasteiger partial charge in [-0.25, -0.2) is 4.79 Å². The molecule has 0 atom stereocenters. The minimum absolute atomic E-state index is 0.334. The highest BCUT2D eigenvalue weighted by molar-refractivity contribution is 6.31. The predicted octanol–water partition coefficient (Wildman–Crippen LogP) is 2.69. The van der Waals surface area contributed by atoms with Crippen molar-refractivity contribution in [2.75, 3.05) is 7.11 Å². The summed E-state index contributed by atoms with van der Waals surface area (Å²) in [4.78, 5) is 11.3. The van der Waals surface area contributed by atoms with E-state index >= 15 is 0 Å². The fourth-order valence-corrected chi connectivity index (χ4v) is 1.53. The number of esters is 1. The maximum atomic E-state index is 11.3. The summed E-state index contributed by atoms with van der Waals surface area (Å²) in [7, 11) is 1.36. The second kappa shape index (κ2) is 4.28. The molecule has 1 aromatic rings. The first-order chi connectivity index (χ1) is 6.20. The molecule has 0 heterocycles. The summed E-state index contributed by atoms with van der Waals surface area (Å²) in [6, 6.07) is 5.23. The van der Waals surface area contributed by atoms with Crippen LogP contribution in [-0.4, -0.2) is 13.1 Å². The summed E-state index contributed by atoms with van der Waals surface area (Å²) in [5.41, 5.74) is 1.40. The van der Waals surface area contributed by atoms with Crippen LogP contribution in [0.15, 0.2) is 18.2 Å². The summed E-state index contributed by atoms with van der Waals surface area (Å²) >= 11 is 5.92. The number of benzene rings is 1. The van der Waals surface area contributed by atoms with E-state index in [-0.39, 0.29) is 5.97 Å². The molecule has 0 aliphatic carbocycles. The zero-order valence-corrected chi connectivity index (χ0v) is 8.39. The normalized spacial score (nSPS) is 9.77. The number of hydrogen-bond donors (Lipinski definition) is 0. The number of carbonyl (C=O) groups is 1. The van der Waals surface area contributed by atoms with Crippen LogP contribution in [0, 0.1) is 0 Å². The van der Waals surface area contributed by atoms with E-state index in [0.29, 0.717) is 10.6 Å². The van der Waals surface area contributed by atoms with Crippen molar-refractivity contribution >= 4 is 17.6 Å². The number of rotatable bonds is 2. The van der Waals surface area contributed by atoms with E-state index in [1.165, 1.54) is 7.11 Å². The van der Waals surface area contributed by atoms with Gasteiger partial charge in [0.2, 0.25) is 0 Å². The average molecular weight is 199 g/mol. The fraction of sp³-hybridized carbons (Fsp3) is 0.300. The lowest BCUT2D eigenvalue weighted by atomic mass is 10.1. The Kier molecular flexibility index (Phi) is 3.32. The van der Waals surface area contributed by atoms with Gasteiger partial charge in [0.1, 0.15) is 0 Å². The third-order valence-corrected chi connectivity index (χ3v) is 2.23. The fourth-order valence-electron chi connectivity index (χ4n) is 1.22. The van der Waals surface area contributed by atoms with Crippen LogP contribution in [0.5, 0.6) is 0 Å². The van der Waals surface area contributed by atoms with E-state index in [0.717, 1.165) is 12.0 Å². The molecular formula is C10H11ClO2. The quantitative estimate of drug-likeness (QED) is 0.683. The lowest BCUT2D eigenvalue weighted by Gasteiger charge is -2.06. The Labute approximate surface area is 82.5 Å². The van der Waals surface area contributed by atoms with Crippen molar-refractivity contribution in [2.45, 2.75) is 13.3 Å². The van der Waals surface area contributed by atoms with Gasteiger partial charge in [0.15, 0.2) is 0 Å². The first-order valence-electron chi connectivity index (χ1n) is 4.06. The molecule has 0 radical (unpaired) electrons.